The predicted molar refractivity (Wildman–Crippen MR) is 69.5 cm³/mol. The topological polar surface area (TPSA) is 49.3 Å². The van der Waals surface area contributed by atoms with Crippen molar-refractivity contribution in [3.05, 3.63) is 33.8 Å². The van der Waals surface area contributed by atoms with Gasteiger partial charge in [-0.3, -0.25) is 4.79 Å². The van der Waals surface area contributed by atoms with Crippen molar-refractivity contribution in [3.8, 4) is 0 Å². The Bertz CT molecular complexity index is 396. The lowest BCUT2D eigenvalue weighted by Gasteiger charge is -2.10. The molecule has 0 bridgehead atoms. The Morgan fingerprint density at radius 2 is 2.12 bits per heavy atom. The summed E-state index contributed by atoms with van der Waals surface area (Å²) in [5.41, 5.74) is 0.964. The van der Waals surface area contributed by atoms with E-state index >= 15 is 0 Å². The second-order valence-corrected chi connectivity index (χ2v) is 4.71. The molecule has 1 atom stereocenters. The number of carbonyl (C=O) groups is 1. The third-order valence-electron chi connectivity index (χ3n) is 2.31. The Kier molecular flexibility index (Phi) is 5.75. The fraction of sp³-hybridized carbons (Fsp3) is 0.417. The average molecular weight is 276 g/mol. The number of aryl methyl sites for hydroxylation is 1. The van der Waals surface area contributed by atoms with Crippen LogP contribution >= 0.6 is 23.2 Å². The first-order valence-corrected chi connectivity index (χ1v) is 6.12. The lowest BCUT2D eigenvalue weighted by atomic mass is 10.1. The van der Waals surface area contributed by atoms with E-state index < -0.39 is 0 Å². The molecule has 0 aliphatic carbocycles. The molecule has 1 rings (SSSR count). The van der Waals surface area contributed by atoms with Gasteiger partial charge in [-0.25, -0.2) is 0 Å². The predicted octanol–water partition coefficient (Wildman–Crippen LogP) is 2.42. The summed E-state index contributed by atoms with van der Waals surface area (Å²) in [5.74, 6) is -0.0855. The summed E-state index contributed by atoms with van der Waals surface area (Å²) in [6.45, 7) is 1.69. The highest BCUT2D eigenvalue weighted by molar-refractivity contribution is 6.42. The van der Waals surface area contributed by atoms with Crippen LogP contribution in [0.25, 0.3) is 0 Å². The first-order chi connectivity index (χ1) is 8.02. The monoisotopic (exact) mass is 275 g/mol. The number of nitrogens with one attached hydrogen (secondary N) is 1. The van der Waals surface area contributed by atoms with Gasteiger partial charge in [0.15, 0.2) is 0 Å². The first-order valence-electron chi connectivity index (χ1n) is 5.37. The van der Waals surface area contributed by atoms with Crippen molar-refractivity contribution < 1.29 is 9.90 Å². The molecular weight excluding hydrogens is 261 g/mol. The first kappa shape index (κ1) is 14.3. The molecular formula is C12H15Cl2NO2. The zero-order chi connectivity index (χ0) is 12.8. The van der Waals surface area contributed by atoms with Crippen LogP contribution in [-0.4, -0.2) is 23.7 Å². The molecule has 0 saturated heterocycles. The zero-order valence-corrected chi connectivity index (χ0v) is 11.1. The average Bonchev–Trinajstić information content (AvgIpc) is 2.30. The summed E-state index contributed by atoms with van der Waals surface area (Å²) < 4.78 is 0. The van der Waals surface area contributed by atoms with Crippen molar-refractivity contribution in [1.29, 1.82) is 0 Å². The van der Waals surface area contributed by atoms with E-state index in [1.54, 1.807) is 19.1 Å². The standard InChI is InChI=1S/C12H15Cl2NO2/c1-8(7-16)15-12(17)5-3-9-2-4-10(13)11(14)6-9/h2,4,6,8,16H,3,5,7H2,1H3,(H,15,17). The van der Waals surface area contributed by atoms with Crippen molar-refractivity contribution >= 4 is 29.1 Å². The van der Waals surface area contributed by atoms with Crippen LogP contribution in [0.5, 0.6) is 0 Å². The molecule has 1 amide bonds. The van der Waals surface area contributed by atoms with Crippen molar-refractivity contribution in [3.63, 3.8) is 0 Å². The quantitative estimate of drug-likeness (QED) is 0.867. The van der Waals surface area contributed by atoms with Crippen molar-refractivity contribution in [2.24, 2.45) is 0 Å². The minimum absolute atomic E-state index is 0.0570. The van der Waals surface area contributed by atoms with Gasteiger partial charge in [-0.2, -0.15) is 0 Å². The Hall–Kier alpha value is -0.770. The molecule has 0 aliphatic heterocycles. The molecule has 1 unspecified atom stereocenters. The summed E-state index contributed by atoms with van der Waals surface area (Å²) in [7, 11) is 0. The minimum Gasteiger partial charge on any atom is -0.394 e. The molecule has 0 radical (unpaired) electrons. The van der Waals surface area contributed by atoms with E-state index in [1.807, 2.05) is 6.07 Å². The van der Waals surface area contributed by atoms with Crippen LogP contribution in [0.3, 0.4) is 0 Å². The van der Waals surface area contributed by atoms with Crippen LogP contribution in [0.4, 0.5) is 0 Å². The van der Waals surface area contributed by atoms with Gasteiger partial charge < -0.3 is 10.4 Å². The molecule has 0 spiro atoms. The lowest BCUT2D eigenvalue weighted by molar-refractivity contribution is -0.121. The Morgan fingerprint density at radius 1 is 1.41 bits per heavy atom. The summed E-state index contributed by atoms with van der Waals surface area (Å²) in [6, 6.07) is 5.10. The van der Waals surface area contributed by atoms with Crippen molar-refractivity contribution in [2.45, 2.75) is 25.8 Å². The molecule has 94 valence electrons. The molecule has 0 aliphatic rings. The van der Waals surface area contributed by atoms with Gasteiger partial charge in [0.1, 0.15) is 0 Å². The van der Waals surface area contributed by atoms with Gasteiger partial charge in [0, 0.05) is 12.5 Å². The molecule has 2 N–H and O–H groups in total. The molecule has 0 aromatic heterocycles. The molecule has 1 aromatic rings. The van der Waals surface area contributed by atoms with Gasteiger partial charge >= 0.3 is 0 Å². The number of hydrogen-bond donors (Lipinski definition) is 2. The summed E-state index contributed by atoms with van der Waals surface area (Å²) >= 11 is 11.7. The highest BCUT2D eigenvalue weighted by Gasteiger charge is 2.07. The van der Waals surface area contributed by atoms with E-state index in [1.165, 1.54) is 0 Å². The highest BCUT2D eigenvalue weighted by atomic mass is 35.5. The third-order valence-corrected chi connectivity index (χ3v) is 3.05. The van der Waals surface area contributed by atoms with Gasteiger partial charge in [-0.15, -0.1) is 0 Å². The number of benzene rings is 1. The van der Waals surface area contributed by atoms with E-state index in [4.69, 9.17) is 28.3 Å². The molecule has 5 heteroatoms. The fourth-order valence-electron chi connectivity index (χ4n) is 1.35. The van der Waals surface area contributed by atoms with Crippen LogP contribution in [0, 0.1) is 0 Å². The van der Waals surface area contributed by atoms with Gasteiger partial charge in [0.05, 0.1) is 16.7 Å². The molecule has 1 aromatic carbocycles. The summed E-state index contributed by atoms with van der Waals surface area (Å²) in [6.07, 6.45) is 0.961. The summed E-state index contributed by atoms with van der Waals surface area (Å²) in [5, 5.41) is 12.5. The van der Waals surface area contributed by atoms with E-state index in [0.717, 1.165) is 5.56 Å². The number of rotatable bonds is 5. The number of carbonyl (C=O) groups excluding carboxylic acids is 1. The maximum atomic E-state index is 11.5. The molecule has 3 nitrogen and oxygen atoms in total. The number of amides is 1. The molecule has 17 heavy (non-hydrogen) atoms. The number of halogens is 2. The molecule has 0 heterocycles. The second-order valence-electron chi connectivity index (χ2n) is 3.90. The van der Waals surface area contributed by atoms with E-state index in [2.05, 4.69) is 5.32 Å². The van der Waals surface area contributed by atoms with Crippen LogP contribution in [0.1, 0.15) is 18.9 Å². The Labute approximate surface area is 111 Å². The van der Waals surface area contributed by atoms with Crippen LogP contribution < -0.4 is 5.32 Å². The normalized spacial score (nSPS) is 12.2. The Morgan fingerprint density at radius 3 is 2.71 bits per heavy atom. The SMILES string of the molecule is CC(CO)NC(=O)CCc1ccc(Cl)c(Cl)c1. The largest absolute Gasteiger partial charge is 0.394 e. The van der Waals surface area contributed by atoms with E-state index in [9.17, 15) is 4.79 Å². The Balaban J connectivity index is 2.45. The maximum Gasteiger partial charge on any atom is 0.220 e. The maximum absolute atomic E-state index is 11.5. The van der Waals surface area contributed by atoms with Crippen LogP contribution in [0.15, 0.2) is 18.2 Å². The molecule has 0 fully saturated rings. The summed E-state index contributed by atoms with van der Waals surface area (Å²) in [4.78, 5) is 11.5. The number of aliphatic hydroxyl groups is 1. The highest BCUT2D eigenvalue weighted by Crippen LogP contribution is 2.23. The third kappa shape index (κ3) is 4.94. The van der Waals surface area contributed by atoms with E-state index in [-0.39, 0.29) is 18.6 Å². The smallest absolute Gasteiger partial charge is 0.220 e. The molecule has 0 saturated carbocycles. The van der Waals surface area contributed by atoms with Crippen molar-refractivity contribution in [1.82, 2.24) is 5.32 Å². The van der Waals surface area contributed by atoms with Gasteiger partial charge in [-0.1, -0.05) is 29.3 Å². The number of hydrogen-bond acceptors (Lipinski definition) is 2. The van der Waals surface area contributed by atoms with Crippen LogP contribution in [-0.2, 0) is 11.2 Å². The van der Waals surface area contributed by atoms with E-state index in [0.29, 0.717) is 22.9 Å². The zero-order valence-electron chi connectivity index (χ0n) is 9.54. The minimum atomic E-state index is -0.212. The van der Waals surface area contributed by atoms with Gasteiger partial charge in [-0.05, 0) is 31.0 Å². The lowest BCUT2D eigenvalue weighted by Crippen LogP contribution is -2.35. The van der Waals surface area contributed by atoms with Crippen molar-refractivity contribution in [2.75, 3.05) is 6.61 Å². The van der Waals surface area contributed by atoms with Crippen LogP contribution in [0.2, 0.25) is 10.0 Å². The van der Waals surface area contributed by atoms with Gasteiger partial charge in [0.25, 0.3) is 0 Å². The number of aliphatic hydroxyl groups excluding tert-OH is 1. The fourth-order valence-corrected chi connectivity index (χ4v) is 1.67. The second kappa shape index (κ2) is 6.84. The van der Waals surface area contributed by atoms with Gasteiger partial charge in [0.2, 0.25) is 5.91 Å².